The predicted molar refractivity (Wildman–Crippen MR) is 240 cm³/mol. The standard InChI is InChI=1S/C48H84NO10P/c1-6-8-22-28-42-36-39(3)44(57-42)29-24-18-16-17-21-27-33-48(51)58-43(38-56-60(52,53)55-35-34-49)37-54-47(50)32-26-20-15-13-11-10-12-14-19-25-31-46-41(5)40(4)45(59-46)30-23-9-7-2/h36,43H,6-35,37-38,49H2,1-5H3,(H,52,53)/t43-/m1/s1. The number of furan rings is 2. The van der Waals surface area contributed by atoms with E-state index < -0.39 is 32.5 Å². The molecule has 0 aliphatic rings. The van der Waals surface area contributed by atoms with Gasteiger partial charge in [0.25, 0.3) is 0 Å². The Bertz CT molecular complexity index is 1470. The zero-order valence-electron chi connectivity index (χ0n) is 38.4. The summed E-state index contributed by atoms with van der Waals surface area (Å²) in [7, 11) is -4.40. The van der Waals surface area contributed by atoms with Gasteiger partial charge in [0, 0.05) is 45.1 Å². The highest BCUT2D eigenvalue weighted by molar-refractivity contribution is 7.47. The molecule has 2 rings (SSSR count). The second kappa shape index (κ2) is 33.2. The van der Waals surface area contributed by atoms with Crippen molar-refractivity contribution >= 4 is 19.8 Å². The van der Waals surface area contributed by atoms with Crippen LogP contribution in [0.3, 0.4) is 0 Å². The Morgan fingerprint density at radius 3 is 1.62 bits per heavy atom. The summed E-state index contributed by atoms with van der Waals surface area (Å²) in [4.78, 5) is 35.1. The van der Waals surface area contributed by atoms with Crippen LogP contribution < -0.4 is 5.73 Å². The molecule has 60 heavy (non-hydrogen) atoms. The fourth-order valence-electron chi connectivity index (χ4n) is 7.48. The van der Waals surface area contributed by atoms with E-state index >= 15 is 0 Å². The molecule has 0 fully saturated rings. The Morgan fingerprint density at radius 1 is 0.617 bits per heavy atom. The van der Waals surface area contributed by atoms with Gasteiger partial charge in [0.15, 0.2) is 6.10 Å². The molecular weight excluding hydrogens is 781 g/mol. The van der Waals surface area contributed by atoms with Crippen molar-refractivity contribution in [1.82, 2.24) is 0 Å². The normalized spacial score (nSPS) is 13.1. The number of aryl methyl sites for hydroxylation is 5. The van der Waals surface area contributed by atoms with Crippen LogP contribution in [0.5, 0.6) is 0 Å². The van der Waals surface area contributed by atoms with E-state index in [4.69, 9.17) is 33.1 Å². The molecule has 3 N–H and O–H groups in total. The number of rotatable bonds is 39. The molecule has 12 heteroatoms. The van der Waals surface area contributed by atoms with Gasteiger partial charge in [-0.15, -0.1) is 0 Å². The van der Waals surface area contributed by atoms with Gasteiger partial charge in [0.05, 0.1) is 13.2 Å². The van der Waals surface area contributed by atoms with Crippen molar-refractivity contribution in [3.63, 3.8) is 0 Å². The average molecular weight is 866 g/mol. The highest BCUT2D eigenvalue weighted by Gasteiger charge is 2.26. The molecule has 0 aliphatic heterocycles. The molecule has 2 atom stereocenters. The Kier molecular flexibility index (Phi) is 29.7. The van der Waals surface area contributed by atoms with Crippen LogP contribution >= 0.6 is 7.82 Å². The molecule has 0 aliphatic carbocycles. The molecule has 0 saturated carbocycles. The van der Waals surface area contributed by atoms with E-state index in [0.29, 0.717) is 12.8 Å². The molecule has 0 amide bonds. The van der Waals surface area contributed by atoms with Gasteiger partial charge >= 0.3 is 19.8 Å². The van der Waals surface area contributed by atoms with Gasteiger partial charge in [0.2, 0.25) is 0 Å². The van der Waals surface area contributed by atoms with Gasteiger partial charge in [-0.2, -0.15) is 0 Å². The first-order valence-electron chi connectivity index (χ1n) is 23.8. The monoisotopic (exact) mass is 866 g/mol. The van der Waals surface area contributed by atoms with Gasteiger partial charge in [-0.25, -0.2) is 4.57 Å². The number of ether oxygens (including phenoxy) is 2. The minimum atomic E-state index is -4.40. The fraction of sp³-hybridized carbons (Fsp3) is 0.792. The third-order valence-electron chi connectivity index (χ3n) is 11.3. The summed E-state index contributed by atoms with van der Waals surface area (Å²) in [6.45, 7) is 10.1. The Labute approximate surface area is 363 Å². The first-order valence-corrected chi connectivity index (χ1v) is 25.3. The van der Waals surface area contributed by atoms with Crippen LogP contribution in [-0.2, 0) is 58.4 Å². The summed E-state index contributed by atoms with van der Waals surface area (Å²) in [6.07, 6.45) is 27.8. The molecule has 0 aromatic carbocycles. The number of esters is 2. The molecular formula is C48H84NO10P. The van der Waals surface area contributed by atoms with Gasteiger partial charge < -0.3 is 28.9 Å². The molecule has 0 spiro atoms. The highest BCUT2D eigenvalue weighted by atomic mass is 31.2. The average Bonchev–Trinajstić information content (AvgIpc) is 3.71. The van der Waals surface area contributed by atoms with Crippen LogP contribution in [0.25, 0.3) is 0 Å². The maximum atomic E-state index is 12.7. The Hall–Kier alpha value is -2.43. The third-order valence-corrected chi connectivity index (χ3v) is 12.3. The van der Waals surface area contributed by atoms with E-state index in [2.05, 4.69) is 40.7 Å². The lowest BCUT2D eigenvalue weighted by molar-refractivity contribution is -0.161. The minimum absolute atomic E-state index is 0.0425. The molecule has 0 radical (unpaired) electrons. The van der Waals surface area contributed by atoms with Crippen molar-refractivity contribution in [2.45, 2.75) is 221 Å². The van der Waals surface area contributed by atoms with Crippen molar-refractivity contribution in [3.8, 4) is 0 Å². The van der Waals surface area contributed by atoms with Crippen molar-refractivity contribution in [3.05, 3.63) is 45.8 Å². The van der Waals surface area contributed by atoms with E-state index in [0.717, 1.165) is 88.6 Å². The maximum absolute atomic E-state index is 12.7. The molecule has 0 saturated heterocycles. The SMILES string of the molecule is CCCCCc1cc(C)c(CCCCCCCCC(=O)O[C@H](COC(=O)CCCCCCCCCCCCc2oc(CCCCC)c(C)c2C)COP(=O)(O)OCCN)o1. The number of phosphoric ester groups is 1. The summed E-state index contributed by atoms with van der Waals surface area (Å²) >= 11 is 0. The molecule has 0 bridgehead atoms. The van der Waals surface area contributed by atoms with E-state index in [1.807, 2.05) is 0 Å². The molecule has 2 aromatic rings. The zero-order chi connectivity index (χ0) is 43.9. The van der Waals surface area contributed by atoms with Crippen LogP contribution in [-0.4, -0.2) is 49.3 Å². The number of hydrogen-bond donors (Lipinski definition) is 2. The van der Waals surface area contributed by atoms with E-state index in [1.54, 1.807) is 0 Å². The summed E-state index contributed by atoms with van der Waals surface area (Å²) in [5.41, 5.74) is 9.30. The van der Waals surface area contributed by atoms with Crippen LogP contribution in [0.1, 0.15) is 208 Å². The Morgan fingerprint density at radius 2 is 1.08 bits per heavy atom. The van der Waals surface area contributed by atoms with Crippen LogP contribution in [0.4, 0.5) is 0 Å². The highest BCUT2D eigenvalue weighted by Crippen LogP contribution is 2.43. The van der Waals surface area contributed by atoms with Gasteiger partial charge in [-0.05, 0) is 82.1 Å². The van der Waals surface area contributed by atoms with Gasteiger partial charge in [-0.1, -0.05) is 117 Å². The molecule has 2 aromatic heterocycles. The smallest absolute Gasteiger partial charge is 0.466 e. The third kappa shape index (κ3) is 24.9. The van der Waals surface area contributed by atoms with E-state index in [-0.39, 0.29) is 32.6 Å². The topological polar surface area (TPSA) is 161 Å². The van der Waals surface area contributed by atoms with Gasteiger partial charge in [-0.3, -0.25) is 18.6 Å². The van der Waals surface area contributed by atoms with E-state index in [9.17, 15) is 19.0 Å². The second-order valence-electron chi connectivity index (χ2n) is 16.8. The molecule has 1 unspecified atom stereocenters. The molecule has 11 nitrogen and oxygen atoms in total. The van der Waals surface area contributed by atoms with Crippen LogP contribution in [0, 0.1) is 20.8 Å². The second-order valence-corrected chi connectivity index (χ2v) is 18.2. The fourth-order valence-corrected chi connectivity index (χ4v) is 8.24. The molecule has 2 heterocycles. The lowest BCUT2D eigenvalue weighted by Crippen LogP contribution is -2.29. The minimum Gasteiger partial charge on any atom is -0.466 e. The van der Waals surface area contributed by atoms with Crippen LogP contribution in [0.2, 0.25) is 0 Å². The maximum Gasteiger partial charge on any atom is 0.472 e. The number of carbonyl (C=O) groups excluding carboxylic acids is 2. The predicted octanol–water partition coefficient (Wildman–Crippen LogP) is 12.6. The molecule has 346 valence electrons. The Balaban J connectivity index is 1.56. The van der Waals surface area contributed by atoms with Crippen molar-refractivity contribution in [1.29, 1.82) is 0 Å². The number of hydrogen-bond acceptors (Lipinski definition) is 10. The van der Waals surface area contributed by atoms with Crippen molar-refractivity contribution in [2.24, 2.45) is 5.73 Å². The number of carbonyl (C=O) groups is 2. The van der Waals surface area contributed by atoms with Crippen molar-refractivity contribution in [2.75, 3.05) is 26.4 Å². The largest absolute Gasteiger partial charge is 0.472 e. The lowest BCUT2D eigenvalue weighted by Gasteiger charge is -2.19. The first-order chi connectivity index (χ1) is 29.0. The number of nitrogens with two attached hydrogens (primary N) is 1. The quantitative estimate of drug-likeness (QED) is 0.0374. The van der Waals surface area contributed by atoms with Crippen LogP contribution in [0.15, 0.2) is 14.9 Å². The van der Waals surface area contributed by atoms with E-state index in [1.165, 1.54) is 105 Å². The summed E-state index contributed by atoms with van der Waals surface area (Å²) in [5.74, 6) is 3.71. The number of unbranched alkanes of at least 4 members (excludes halogenated alkanes) is 18. The summed E-state index contributed by atoms with van der Waals surface area (Å²) in [5, 5.41) is 0. The van der Waals surface area contributed by atoms with Crippen molar-refractivity contribution < 1.29 is 46.4 Å². The zero-order valence-corrected chi connectivity index (χ0v) is 39.3. The number of phosphoric acid groups is 1. The first kappa shape index (κ1) is 53.7. The summed E-state index contributed by atoms with van der Waals surface area (Å²) < 4.78 is 45.3. The van der Waals surface area contributed by atoms with Gasteiger partial charge in [0.1, 0.15) is 29.6 Å². The lowest BCUT2D eigenvalue weighted by atomic mass is 10.0. The summed E-state index contributed by atoms with van der Waals surface area (Å²) in [6, 6.07) is 2.18.